The van der Waals surface area contributed by atoms with Crippen molar-refractivity contribution in [1.82, 2.24) is 0 Å². The molecule has 2 rings (SSSR count). The maximum Gasteiger partial charge on any atom is 0.138 e. The zero-order valence-electron chi connectivity index (χ0n) is 10.9. The van der Waals surface area contributed by atoms with Gasteiger partial charge in [0.15, 0.2) is 0 Å². The summed E-state index contributed by atoms with van der Waals surface area (Å²) in [7, 11) is 0. The van der Waals surface area contributed by atoms with Crippen LogP contribution in [0.25, 0.3) is 11.0 Å². The van der Waals surface area contributed by atoms with E-state index in [4.69, 9.17) is 4.42 Å². The molecule has 0 saturated carbocycles. The summed E-state index contributed by atoms with van der Waals surface area (Å²) < 4.78 is 5.84. The molecule has 0 saturated heterocycles. The Morgan fingerprint density at radius 1 is 1.29 bits per heavy atom. The second-order valence-corrected chi connectivity index (χ2v) is 4.94. The normalized spacial score (nSPS) is 13.5. The first-order chi connectivity index (χ1) is 8.04. The molecule has 0 fully saturated rings. The Kier molecular flexibility index (Phi) is 3.25. The average molecular weight is 232 g/mol. The van der Waals surface area contributed by atoms with Crippen molar-refractivity contribution < 1.29 is 9.52 Å². The van der Waals surface area contributed by atoms with Gasteiger partial charge in [-0.3, -0.25) is 0 Å². The quantitative estimate of drug-likeness (QED) is 0.855. The first-order valence-electron chi connectivity index (χ1n) is 6.25. The predicted octanol–water partition coefficient (Wildman–Crippen LogP) is 4.31. The third kappa shape index (κ3) is 2.09. The van der Waals surface area contributed by atoms with Crippen molar-refractivity contribution in [3.05, 3.63) is 35.1 Å². The molecular formula is C15H20O2. The van der Waals surface area contributed by atoms with Gasteiger partial charge in [0.1, 0.15) is 17.4 Å². The lowest BCUT2D eigenvalue weighted by Crippen LogP contribution is -1.91. The fraction of sp³-hybridized carbons (Fsp3) is 0.467. The van der Waals surface area contributed by atoms with E-state index in [1.165, 1.54) is 11.1 Å². The number of aliphatic hydroxyl groups is 1. The van der Waals surface area contributed by atoms with Crippen LogP contribution in [0.1, 0.15) is 56.1 Å². The van der Waals surface area contributed by atoms with Crippen molar-refractivity contribution in [2.75, 3.05) is 0 Å². The van der Waals surface area contributed by atoms with Gasteiger partial charge in [-0.25, -0.2) is 0 Å². The lowest BCUT2D eigenvalue weighted by atomic mass is 9.99. The molecule has 2 heteroatoms. The van der Waals surface area contributed by atoms with E-state index in [1.807, 2.05) is 13.0 Å². The minimum absolute atomic E-state index is 0.427. The largest absolute Gasteiger partial charge is 0.458 e. The lowest BCUT2D eigenvalue weighted by Gasteiger charge is -2.07. The van der Waals surface area contributed by atoms with Gasteiger partial charge in [-0.2, -0.15) is 0 Å². The van der Waals surface area contributed by atoms with Crippen molar-refractivity contribution >= 4 is 11.0 Å². The molecule has 0 aliphatic rings. The van der Waals surface area contributed by atoms with E-state index in [0.717, 1.165) is 11.0 Å². The third-order valence-electron chi connectivity index (χ3n) is 3.29. The third-order valence-corrected chi connectivity index (χ3v) is 3.29. The van der Waals surface area contributed by atoms with Crippen molar-refractivity contribution in [3.8, 4) is 0 Å². The molecule has 0 spiro atoms. The van der Waals surface area contributed by atoms with Crippen LogP contribution in [-0.2, 0) is 0 Å². The molecule has 0 aliphatic heterocycles. The second-order valence-electron chi connectivity index (χ2n) is 4.94. The summed E-state index contributed by atoms with van der Waals surface area (Å²) >= 11 is 0. The Hall–Kier alpha value is -1.28. The second kappa shape index (κ2) is 4.53. The van der Waals surface area contributed by atoms with Crippen LogP contribution >= 0.6 is 0 Å². The van der Waals surface area contributed by atoms with Crippen LogP contribution in [0.5, 0.6) is 0 Å². The number of hydrogen-bond acceptors (Lipinski definition) is 2. The summed E-state index contributed by atoms with van der Waals surface area (Å²) in [4.78, 5) is 0. The SMILES string of the molecule is CCC(O)c1cc2c(C)ccc(C(C)C)c2o1. The Morgan fingerprint density at radius 2 is 2.00 bits per heavy atom. The molecule has 0 aliphatic carbocycles. The molecule has 1 N–H and O–H groups in total. The molecule has 1 aromatic heterocycles. The number of fused-ring (bicyclic) bond motifs is 1. The van der Waals surface area contributed by atoms with E-state index in [0.29, 0.717) is 18.1 Å². The Balaban J connectivity index is 2.65. The van der Waals surface area contributed by atoms with Gasteiger partial charge in [0, 0.05) is 5.39 Å². The Bertz CT molecular complexity index is 523. The zero-order chi connectivity index (χ0) is 12.6. The molecule has 0 bridgehead atoms. The zero-order valence-corrected chi connectivity index (χ0v) is 10.9. The van der Waals surface area contributed by atoms with Crippen LogP contribution in [0.4, 0.5) is 0 Å². The first kappa shape index (κ1) is 12.2. The standard InChI is InChI=1S/C15H20O2/c1-5-13(16)14-8-12-10(4)6-7-11(9(2)3)15(12)17-14/h6-9,13,16H,5H2,1-4H3. The average Bonchev–Trinajstić information content (AvgIpc) is 2.73. The summed E-state index contributed by atoms with van der Waals surface area (Å²) in [5, 5.41) is 11.0. The molecule has 0 radical (unpaired) electrons. The summed E-state index contributed by atoms with van der Waals surface area (Å²) in [6, 6.07) is 6.22. The van der Waals surface area contributed by atoms with E-state index < -0.39 is 6.10 Å². The van der Waals surface area contributed by atoms with Crippen LogP contribution < -0.4 is 0 Å². The molecule has 0 amide bonds. The van der Waals surface area contributed by atoms with Crippen LogP contribution in [0, 0.1) is 6.92 Å². The highest BCUT2D eigenvalue weighted by Gasteiger charge is 2.16. The van der Waals surface area contributed by atoms with Gasteiger partial charge in [-0.05, 0) is 36.5 Å². The molecule has 17 heavy (non-hydrogen) atoms. The number of benzene rings is 1. The summed E-state index contributed by atoms with van der Waals surface area (Å²) in [6.07, 6.45) is 0.178. The smallest absolute Gasteiger partial charge is 0.138 e. The minimum atomic E-state index is -0.498. The molecule has 1 aromatic carbocycles. The summed E-state index contributed by atoms with van der Waals surface area (Å²) in [6.45, 7) is 8.34. The summed E-state index contributed by atoms with van der Waals surface area (Å²) in [5.74, 6) is 1.11. The number of furan rings is 1. The maximum absolute atomic E-state index is 9.86. The number of aryl methyl sites for hydroxylation is 1. The Morgan fingerprint density at radius 3 is 2.59 bits per heavy atom. The topological polar surface area (TPSA) is 33.4 Å². The molecule has 2 nitrogen and oxygen atoms in total. The maximum atomic E-state index is 9.86. The number of rotatable bonds is 3. The first-order valence-corrected chi connectivity index (χ1v) is 6.25. The van der Waals surface area contributed by atoms with Crippen LogP contribution in [-0.4, -0.2) is 5.11 Å². The lowest BCUT2D eigenvalue weighted by molar-refractivity contribution is 0.148. The van der Waals surface area contributed by atoms with Crippen LogP contribution in [0.3, 0.4) is 0 Å². The van der Waals surface area contributed by atoms with Gasteiger partial charge < -0.3 is 9.52 Å². The van der Waals surface area contributed by atoms with E-state index in [1.54, 1.807) is 0 Å². The highest BCUT2D eigenvalue weighted by molar-refractivity contribution is 5.85. The predicted molar refractivity (Wildman–Crippen MR) is 70.3 cm³/mol. The van der Waals surface area contributed by atoms with Crippen molar-refractivity contribution in [1.29, 1.82) is 0 Å². The highest BCUT2D eigenvalue weighted by Crippen LogP contribution is 2.33. The van der Waals surface area contributed by atoms with Gasteiger partial charge in [-0.15, -0.1) is 0 Å². The van der Waals surface area contributed by atoms with Crippen LogP contribution in [0.15, 0.2) is 22.6 Å². The monoisotopic (exact) mass is 232 g/mol. The number of aliphatic hydroxyl groups excluding tert-OH is 1. The number of hydrogen-bond donors (Lipinski definition) is 1. The van der Waals surface area contributed by atoms with Crippen LogP contribution in [0.2, 0.25) is 0 Å². The highest BCUT2D eigenvalue weighted by atomic mass is 16.4. The molecule has 1 unspecified atom stereocenters. The van der Waals surface area contributed by atoms with Gasteiger partial charge in [-0.1, -0.05) is 32.9 Å². The van der Waals surface area contributed by atoms with Crippen molar-refractivity contribution in [2.24, 2.45) is 0 Å². The van der Waals surface area contributed by atoms with Gasteiger partial charge in [0.2, 0.25) is 0 Å². The van der Waals surface area contributed by atoms with Crippen molar-refractivity contribution in [2.45, 2.75) is 46.1 Å². The van der Waals surface area contributed by atoms with Gasteiger partial charge in [0.25, 0.3) is 0 Å². The molecule has 2 aromatic rings. The fourth-order valence-corrected chi connectivity index (χ4v) is 2.12. The van der Waals surface area contributed by atoms with Gasteiger partial charge in [0.05, 0.1) is 0 Å². The van der Waals surface area contributed by atoms with E-state index in [9.17, 15) is 5.11 Å². The summed E-state index contributed by atoms with van der Waals surface area (Å²) in [5.41, 5.74) is 3.34. The van der Waals surface area contributed by atoms with Gasteiger partial charge >= 0.3 is 0 Å². The molecule has 92 valence electrons. The Labute approximate surface area is 102 Å². The molecule has 1 heterocycles. The van der Waals surface area contributed by atoms with E-state index >= 15 is 0 Å². The molecule has 1 atom stereocenters. The van der Waals surface area contributed by atoms with E-state index in [-0.39, 0.29) is 0 Å². The fourth-order valence-electron chi connectivity index (χ4n) is 2.12. The molecular weight excluding hydrogens is 212 g/mol. The minimum Gasteiger partial charge on any atom is -0.458 e. The van der Waals surface area contributed by atoms with E-state index in [2.05, 4.69) is 32.9 Å². The van der Waals surface area contributed by atoms with Crippen molar-refractivity contribution in [3.63, 3.8) is 0 Å².